The highest BCUT2D eigenvalue weighted by Gasteiger charge is 2.07. The molecule has 0 radical (unpaired) electrons. The summed E-state index contributed by atoms with van der Waals surface area (Å²) in [5, 5.41) is 12.1. The van der Waals surface area contributed by atoms with E-state index in [2.05, 4.69) is 17.1 Å². The van der Waals surface area contributed by atoms with E-state index in [1.54, 1.807) is 0 Å². The average Bonchev–Trinajstić information content (AvgIpc) is 2.44. The van der Waals surface area contributed by atoms with Gasteiger partial charge in [-0.15, -0.1) is 0 Å². The van der Waals surface area contributed by atoms with Gasteiger partial charge < -0.3 is 15.3 Å². The van der Waals surface area contributed by atoms with Crippen LogP contribution in [0.15, 0.2) is 24.3 Å². The Morgan fingerprint density at radius 2 is 2.05 bits per heavy atom. The zero-order valence-corrected chi connectivity index (χ0v) is 12.6. The molecule has 0 heterocycles. The van der Waals surface area contributed by atoms with Gasteiger partial charge in [-0.25, -0.2) is 0 Å². The van der Waals surface area contributed by atoms with Gasteiger partial charge in [-0.2, -0.15) is 0 Å². The van der Waals surface area contributed by atoms with Crippen LogP contribution in [0.4, 0.5) is 11.4 Å². The van der Waals surface area contributed by atoms with Crippen molar-refractivity contribution in [2.45, 2.75) is 39.5 Å². The summed E-state index contributed by atoms with van der Waals surface area (Å²) in [4.78, 5) is 13.8. The molecular formula is C16H26N2O2. The van der Waals surface area contributed by atoms with Gasteiger partial charge in [-0.05, 0) is 31.0 Å². The summed E-state index contributed by atoms with van der Waals surface area (Å²) in [7, 11) is 0. The van der Waals surface area contributed by atoms with Crippen molar-refractivity contribution < 1.29 is 9.90 Å². The monoisotopic (exact) mass is 278 g/mol. The number of rotatable bonds is 9. The van der Waals surface area contributed by atoms with E-state index in [0.29, 0.717) is 13.0 Å². The van der Waals surface area contributed by atoms with Gasteiger partial charge in [-0.1, -0.05) is 26.3 Å². The Morgan fingerprint density at radius 1 is 1.25 bits per heavy atom. The second-order valence-electron chi connectivity index (χ2n) is 4.91. The third kappa shape index (κ3) is 5.61. The molecule has 0 spiro atoms. The molecule has 2 N–H and O–H groups in total. The van der Waals surface area contributed by atoms with E-state index in [1.165, 1.54) is 0 Å². The van der Waals surface area contributed by atoms with Crippen molar-refractivity contribution >= 4 is 17.3 Å². The minimum atomic E-state index is 0.0481. The number of anilines is 2. The molecule has 1 rings (SSSR count). The second kappa shape index (κ2) is 9.37. The molecule has 0 aliphatic carbocycles. The number of carbonyl (C=O) groups excluding carboxylic acids is 1. The number of nitrogens with zero attached hydrogens (tertiary/aromatic N) is 1. The van der Waals surface area contributed by atoms with Crippen molar-refractivity contribution in [3.05, 3.63) is 24.3 Å². The first-order valence-corrected chi connectivity index (χ1v) is 7.47. The van der Waals surface area contributed by atoms with Gasteiger partial charge in [0.15, 0.2) is 0 Å². The lowest BCUT2D eigenvalue weighted by Gasteiger charge is -2.24. The van der Waals surface area contributed by atoms with Crippen LogP contribution in [0.2, 0.25) is 0 Å². The topological polar surface area (TPSA) is 52.6 Å². The number of aliphatic hydroxyl groups is 1. The molecule has 0 bridgehead atoms. The molecule has 0 saturated carbocycles. The number of benzene rings is 1. The summed E-state index contributed by atoms with van der Waals surface area (Å²) in [5.74, 6) is 0.0481. The summed E-state index contributed by atoms with van der Waals surface area (Å²) in [6.45, 7) is 5.81. The summed E-state index contributed by atoms with van der Waals surface area (Å²) in [6, 6.07) is 7.82. The van der Waals surface area contributed by atoms with E-state index in [4.69, 9.17) is 0 Å². The van der Waals surface area contributed by atoms with Gasteiger partial charge in [0.2, 0.25) is 5.91 Å². The number of hydrogen-bond donors (Lipinski definition) is 2. The largest absolute Gasteiger partial charge is 0.395 e. The van der Waals surface area contributed by atoms with Gasteiger partial charge in [0.1, 0.15) is 0 Å². The highest BCUT2D eigenvalue weighted by Crippen LogP contribution is 2.20. The van der Waals surface area contributed by atoms with E-state index in [9.17, 15) is 9.90 Å². The predicted molar refractivity (Wildman–Crippen MR) is 84.2 cm³/mol. The van der Waals surface area contributed by atoms with Crippen molar-refractivity contribution in [1.29, 1.82) is 0 Å². The minimum Gasteiger partial charge on any atom is -0.395 e. The summed E-state index contributed by atoms with van der Waals surface area (Å²) >= 11 is 0. The van der Waals surface area contributed by atoms with Gasteiger partial charge in [0.05, 0.1) is 6.61 Å². The molecule has 0 aromatic heterocycles. The zero-order valence-electron chi connectivity index (χ0n) is 12.6. The Kier molecular flexibility index (Phi) is 7.73. The normalized spacial score (nSPS) is 10.3. The first kappa shape index (κ1) is 16.5. The van der Waals surface area contributed by atoms with Gasteiger partial charge in [-0.3, -0.25) is 4.79 Å². The molecule has 20 heavy (non-hydrogen) atoms. The summed E-state index contributed by atoms with van der Waals surface area (Å²) in [6.07, 6.45) is 3.60. The Labute approximate surface area is 121 Å². The van der Waals surface area contributed by atoms with Crippen LogP contribution >= 0.6 is 0 Å². The Bertz CT molecular complexity index is 407. The number of amides is 1. The highest BCUT2D eigenvalue weighted by atomic mass is 16.3. The van der Waals surface area contributed by atoms with Crippen LogP contribution in [-0.4, -0.2) is 30.7 Å². The molecule has 0 aliphatic rings. The first-order chi connectivity index (χ1) is 9.71. The molecule has 4 heteroatoms. The van der Waals surface area contributed by atoms with E-state index in [-0.39, 0.29) is 12.5 Å². The van der Waals surface area contributed by atoms with Crippen molar-refractivity contribution in [1.82, 2.24) is 0 Å². The molecule has 1 amide bonds. The molecule has 4 nitrogen and oxygen atoms in total. The first-order valence-electron chi connectivity index (χ1n) is 7.47. The number of carbonyl (C=O) groups is 1. The molecule has 1 aromatic carbocycles. The molecule has 0 unspecified atom stereocenters. The zero-order chi connectivity index (χ0) is 14.8. The van der Waals surface area contributed by atoms with Crippen LogP contribution in [0, 0.1) is 0 Å². The van der Waals surface area contributed by atoms with Crippen molar-refractivity contribution in [2.24, 2.45) is 0 Å². The maximum Gasteiger partial charge on any atom is 0.224 e. The van der Waals surface area contributed by atoms with Crippen LogP contribution in [0.3, 0.4) is 0 Å². The molecular weight excluding hydrogens is 252 g/mol. The third-order valence-corrected chi connectivity index (χ3v) is 3.12. The molecule has 1 aromatic rings. The van der Waals surface area contributed by atoms with Crippen molar-refractivity contribution in [2.75, 3.05) is 29.9 Å². The fourth-order valence-electron chi connectivity index (χ4n) is 2.07. The van der Waals surface area contributed by atoms with Gasteiger partial charge in [0.25, 0.3) is 0 Å². The van der Waals surface area contributed by atoms with Gasteiger partial charge >= 0.3 is 0 Å². The Hall–Kier alpha value is -1.55. The Balaban J connectivity index is 2.75. The quantitative estimate of drug-likeness (QED) is 0.730. The van der Waals surface area contributed by atoms with E-state index in [0.717, 1.165) is 37.2 Å². The fraction of sp³-hybridized carbons (Fsp3) is 0.562. The Morgan fingerprint density at radius 3 is 2.70 bits per heavy atom. The molecule has 0 fully saturated rings. The summed E-state index contributed by atoms with van der Waals surface area (Å²) in [5.41, 5.74) is 1.86. The SMILES string of the molecule is CCCCN(CCO)c1cccc(NC(=O)CCC)c1. The minimum absolute atomic E-state index is 0.0481. The van der Waals surface area contributed by atoms with Crippen LogP contribution in [-0.2, 0) is 4.79 Å². The van der Waals surface area contributed by atoms with Crippen LogP contribution in [0.5, 0.6) is 0 Å². The highest BCUT2D eigenvalue weighted by molar-refractivity contribution is 5.91. The van der Waals surface area contributed by atoms with E-state index < -0.39 is 0 Å². The third-order valence-electron chi connectivity index (χ3n) is 3.12. The lowest BCUT2D eigenvalue weighted by molar-refractivity contribution is -0.116. The van der Waals surface area contributed by atoms with Crippen LogP contribution in [0.1, 0.15) is 39.5 Å². The summed E-state index contributed by atoms with van der Waals surface area (Å²) < 4.78 is 0. The number of unbranched alkanes of at least 4 members (excludes halogenated alkanes) is 1. The second-order valence-corrected chi connectivity index (χ2v) is 4.91. The van der Waals surface area contributed by atoms with E-state index in [1.807, 2.05) is 31.2 Å². The average molecular weight is 278 g/mol. The lowest BCUT2D eigenvalue weighted by atomic mass is 10.2. The molecule has 112 valence electrons. The van der Waals surface area contributed by atoms with Crippen molar-refractivity contribution in [3.8, 4) is 0 Å². The van der Waals surface area contributed by atoms with E-state index >= 15 is 0 Å². The smallest absolute Gasteiger partial charge is 0.224 e. The van der Waals surface area contributed by atoms with Crippen LogP contribution < -0.4 is 10.2 Å². The lowest BCUT2D eigenvalue weighted by Crippen LogP contribution is -2.27. The van der Waals surface area contributed by atoms with Gasteiger partial charge in [0, 0.05) is 30.9 Å². The van der Waals surface area contributed by atoms with Crippen molar-refractivity contribution in [3.63, 3.8) is 0 Å². The van der Waals surface area contributed by atoms with Crippen LogP contribution in [0.25, 0.3) is 0 Å². The number of nitrogens with one attached hydrogen (secondary N) is 1. The maximum absolute atomic E-state index is 11.6. The number of hydrogen-bond acceptors (Lipinski definition) is 3. The maximum atomic E-state index is 11.6. The molecule has 0 saturated heterocycles. The predicted octanol–water partition coefficient (Wildman–Crippen LogP) is 3.02. The number of aliphatic hydroxyl groups excluding tert-OH is 1. The molecule has 0 atom stereocenters. The standard InChI is InChI=1S/C16H26N2O2/c1-3-5-10-18(11-12-19)15-9-6-8-14(13-15)17-16(20)7-4-2/h6,8-9,13,19H,3-5,7,10-12H2,1-2H3,(H,17,20). The molecule has 0 aliphatic heterocycles. The fourth-order valence-corrected chi connectivity index (χ4v) is 2.07.